The van der Waals surface area contributed by atoms with Gasteiger partial charge in [0.15, 0.2) is 0 Å². The molecule has 1 aliphatic rings. The number of likely N-dealkylation sites (tertiary alicyclic amines) is 1. The third-order valence-corrected chi connectivity index (χ3v) is 5.07. The Morgan fingerprint density at radius 3 is 2.57 bits per heavy atom. The van der Waals surface area contributed by atoms with Gasteiger partial charge in [0.25, 0.3) is 0 Å². The Balaban J connectivity index is 1.92. The number of carbonyl (C=O) groups is 1. The standard InChI is InChI=1S/C17H24NO2.Zn/c1-13-6-5-7-15(12-13)14-8-10-18(11-9-14)16(19)20-17(2,3)4;/h5-7,12,14H,1,8-11H2,2-4H3;/q;+1. The summed E-state index contributed by atoms with van der Waals surface area (Å²) >= 11 is 1.31. The van der Waals surface area contributed by atoms with Gasteiger partial charge in [0.2, 0.25) is 0 Å². The van der Waals surface area contributed by atoms with Gasteiger partial charge in [-0.1, -0.05) is 0 Å². The summed E-state index contributed by atoms with van der Waals surface area (Å²) in [5.74, 6) is 0.579. The number of carbonyl (C=O) groups excluding carboxylic acids is 1. The van der Waals surface area contributed by atoms with Gasteiger partial charge < -0.3 is 0 Å². The Labute approximate surface area is 137 Å². The molecule has 0 N–H and O–H groups in total. The van der Waals surface area contributed by atoms with Crippen molar-refractivity contribution in [2.24, 2.45) is 0 Å². The summed E-state index contributed by atoms with van der Waals surface area (Å²) in [7, 11) is 0. The number of hydrogen-bond acceptors (Lipinski definition) is 2. The molecule has 4 heteroatoms. The molecule has 1 aromatic rings. The summed E-state index contributed by atoms with van der Waals surface area (Å²) in [5, 5.41) is 1.20. The second-order valence-electron chi connectivity index (χ2n) is 6.74. The first-order chi connectivity index (χ1) is 9.89. The van der Waals surface area contributed by atoms with E-state index in [2.05, 4.69) is 24.3 Å². The molecule has 0 aromatic heterocycles. The molecule has 0 saturated carbocycles. The number of hydrogen-bond donors (Lipinski definition) is 0. The van der Waals surface area contributed by atoms with Gasteiger partial charge in [0.1, 0.15) is 0 Å². The van der Waals surface area contributed by atoms with Crippen molar-refractivity contribution in [1.82, 2.24) is 4.90 Å². The molecule has 2 rings (SSSR count). The molecule has 0 radical (unpaired) electrons. The number of benzene rings is 1. The van der Waals surface area contributed by atoms with Crippen LogP contribution in [0.25, 0.3) is 0 Å². The molecule has 1 heterocycles. The maximum atomic E-state index is 12.1. The normalized spacial score (nSPS) is 16.9. The molecule has 1 saturated heterocycles. The van der Waals surface area contributed by atoms with Crippen LogP contribution in [0.2, 0.25) is 0 Å². The van der Waals surface area contributed by atoms with E-state index >= 15 is 0 Å². The van der Waals surface area contributed by atoms with Crippen molar-refractivity contribution >= 4 is 6.09 Å². The fraction of sp³-hybridized carbons (Fsp3) is 0.588. The first kappa shape index (κ1) is 16.5. The average Bonchev–Trinajstić information content (AvgIpc) is 2.46. The van der Waals surface area contributed by atoms with Crippen LogP contribution in [0.1, 0.15) is 50.7 Å². The number of rotatable bonds is 2. The van der Waals surface area contributed by atoms with E-state index in [1.54, 1.807) is 0 Å². The SMILES string of the molecule is CC(C)(C)OC(=O)N1CCC(c2cccc([CH2][Zn+])c2)CC1. The number of amides is 1. The van der Waals surface area contributed by atoms with E-state index in [0.717, 1.165) is 25.9 Å². The van der Waals surface area contributed by atoms with E-state index in [1.807, 2.05) is 25.7 Å². The zero-order chi connectivity index (χ0) is 15.5. The van der Waals surface area contributed by atoms with E-state index < -0.39 is 5.60 Å². The molecule has 0 spiro atoms. The zero-order valence-corrected chi connectivity index (χ0v) is 16.4. The van der Waals surface area contributed by atoms with Crippen molar-refractivity contribution < 1.29 is 27.8 Å². The van der Waals surface area contributed by atoms with E-state index in [9.17, 15) is 4.79 Å². The van der Waals surface area contributed by atoms with Gasteiger partial charge in [-0.15, -0.1) is 0 Å². The molecule has 21 heavy (non-hydrogen) atoms. The van der Waals surface area contributed by atoms with Crippen molar-refractivity contribution in [3.05, 3.63) is 35.4 Å². The first-order valence-corrected chi connectivity index (χ1v) is 9.85. The molecule has 1 aromatic carbocycles. The average molecular weight is 340 g/mol. The predicted molar refractivity (Wildman–Crippen MR) is 79.9 cm³/mol. The van der Waals surface area contributed by atoms with E-state index in [4.69, 9.17) is 4.74 Å². The summed E-state index contributed by atoms with van der Waals surface area (Å²) in [5.41, 5.74) is 2.47. The van der Waals surface area contributed by atoms with Crippen LogP contribution in [0.15, 0.2) is 24.3 Å². The van der Waals surface area contributed by atoms with Crippen molar-refractivity contribution in [3.8, 4) is 0 Å². The summed E-state index contributed by atoms with van der Waals surface area (Å²) in [6.07, 6.45) is 1.89. The second kappa shape index (κ2) is 6.92. The Morgan fingerprint density at radius 2 is 2.00 bits per heavy atom. The van der Waals surface area contributed by atoms with Crippen molar-refractivity contribution in [2.75, 3.05) is 13.1 Å². The number of nitrogens with zero attached hydrogens (tertiary/aromatic N) is 1. The molecule has 0 bridgehead atoms. The topological polar surface area (TPSA) is 29.5 Å². The summed E-state index contributed by atoms with van der Waals surface area (Å²) in [6, 6.07) is 8.95. The van der Waals surface area contributed by atoms with Crippen LogP contribution in [0.4, 0.5) is 4.79 Å². The fourth-order valence-electron chi connectivity index (χ4n) is 2.72. The molecule has 1 aliphatic heterocycles. The molecule has 3 nitrogen and oxygen atoms in total. The summed E-state index contributed by atoms with van der Waals surface area (Å²) in [6.45, 7) is 7.33. The molecular weight excluding hydrogens is 316 g/mol. The van der Waals surface area contributed by atoms with Gasteiger partial charge in [0.05, 0.1) is 0 Å². The van der Waals surface area contributed by atoms with Crippen LogP contribution in [0, 0.1) is 0 Å². The molecular formula is C17H24NO2Zn+. The van der Waals surface area contributed by atoms with Gasteiger partial charge in [-0.3, -0.25) is 0 Å². The predicted octanol–water partition coefficient (Wildman–Crippen LogP) is 3.85. The van der Waals surface area contributed by atoms with Gasteiger partial charge in [-0.2, -0.15) is 0 Å². The van der Waals surface area contributed by atoms with Crippen molar-refractivity contribution in [2.45, 2.75) is 50.1 Å². The van der Waals surface area contributed by atoms with Crippen molar-refractivity contribution in [1.29, 1.82) is 0 Å². The Hall–Kier alpha value is -0.887. The Morgan fingerprint density at radius 1 is 1.33 bits per heavy atom. The molecule has 1 amide bonds. The quantitative estimate of drug-likeness (QED) is 0.766. The first-order valence-electron chi connectivity index (χ1n) is 7.75. The van der Waals surface area contributed by atoms with Gasteiger partial charge in [-0.05, 0) is 0 Å². The van der Waals surface area contributed by atoms with Crippen LogP contribution in [0.3, 0.4) is 0 Å². The zero-order valence-electron chi connectivity index (χ0n) is 13.4. The fourth-order valence-corrected chi connectivity index (χ4v) is 3.38. The Bertz CT molecular complexity index is 488. The monoisotopic (exact) mass is 338 g/mol. The molecule has 1 fully saturated rings. The van der Waals surface area contributed by atoms with Crippen molar-refractivity contribution in [3.63, 3.8) is 0 Å². The van der Waals surface area contributed by atoms with Crippen LogP contribution in [0.5, 0.6) is 0 Å². The third kappa shape index (κ3) is 4.81. The molecule has 0 atom stereocenters. The van der Waals surface area contributed by atoms with Crippen LogP contribution in [-0.4, -0.2) is 29.7 Å². The van der Waals surface area contributed by atoms with Gasteiger partial charge in [-0.25, -0.2) is 0 Å². The molecule has 0 unspecified atom stereocenters. The van der Waals surface area contributed by atoms with Crippen LogP contribution in [-0.2, 0) is 28.1 Å². The number of piperidine rings is 1. The van der Waals surface area contributed by atoms with Gasteiger partial charge >= 0.3 is 137 Å². The minimum atomic E-state index is -0.410. The molecule has 0 aliphatic carbocycles. The van der Waals surface area contributed by atoms with E-state index in [0.29, 0.717) is 5.92 Å². The van der Waals surface area contributed by atoms with Crippen LogP contribution >= 0.6 is 0 Å². The maximum absolute atomic E-state index is 12.1. The van der Waals surface area contributed by atoms with Crippen LogP contribution < -0.4 is 0 Å². The number of ether oxygens (including phenoxy) is 1. The third-order valence-electron chi connectivity index (χ3n) is 3.86. The Kier molecular flexibility index (Phi) is 5.43. The summed E-state index contributed by atoms with van der Waals surface area (Å²) < 4.78 is 5.45. The minimum absolute atomic E-state index is 0.173. The second-order valence-corrected chi connectivity index (χ2v) is 7.79. The summed E-state index contributed by atoms with van der Waals surface area (Å²) in [4.78, 5) is 13.9. The molecule has 110 valence electrons. The van der Waals surface area contributed by atoms with Gasteiger partial charge in [0, 0.05) is 0 Å². The van der Waals surface area contributed by atoms with E-state index in [-0.39, 0.29) is 6.09 Å². The van der Waals surface area contributed by atoms with E-state index in [1.165, 1.54) is 34.4 Å².